The maximum absolute atomic E-state index is 8.75. The Hall–Kier alpha value is -1.87. The maximum atomic E-state index is 8.75. The Morgan fingerprint density at radius 2 is 1.83 bits per heavy atom. The second-order valence-electron chi connectivity index (χ2n) is 4.37. The molecule has 0 fully saturated rings. The first-order valence-corrected chi connectivity index (χ1v) is 6.04. The minimum absolute atomic E-state index is 0.0875. The molecule has 2 aromatic rings. The van der Waals surface area contributed by atoms with E-state index < -0.39 is 0 Å². The summed E-state index contributed by atoms with van der Waals surface area (Å²) in [4.78, 5) is 6.30. The molecular weight excluding hydrogens is 224 g/mol. The van der Waals surface area contributed by atoms with Crippen molar-refractivity contribution in [2.24, 2.45) is 4.99 Å². The quantitative estimate of drug-likeness (QED) is 0.835. The van der Waals surface area contributed by atoms with Gasteiger partial charge in [0.25, 0.3) is 0 Å². The molecule has 2 aromatic carbocycles. The van der Waals surface area contributed by atoms with Gasteiger partial charge in [-0.15, -0.1) is 0 Å². The Bertz CT molecular complexity index is 561. The molecule has 0 atom stereocenters. The second kappa shape index (κ2) is 5.65. The zero-order valence-electron chi connectivity index (χ0n) is 10.8. The van der Waals surface area contributed by atoms with Gasteiger partial charge < -0.3 is 10.0 Å². The molecule has 0 unspecified atom stereocenters. The summed E-state index contributed by atoms with van der Waals surface area (Å²) >= 11 is 0. The topological polar surface area (TPSA) is 35.8 Å². The average Bonchev–Trinajstić information content (AvgIpc) is 2.38. The third kappa shape index (κ3) is 2.51. The smallest absolute Gasteiger partial charge is 0.0626 e. The standard InChI is InChI=1S/C15H18N2O/c1-17(2)15-8-7-12(11-16-9-10-18)13-5-3-4-6-14(13)15/h3-8,11,18H,9-10H2,1-2H3. The van der Waals surface area contributed by atoms with Crippen LogP contribution < -0.4 is 4.90 Å². The first-order chi connectivity index (χ1) is 8.74. The van der Waals surface area contributed by atoms with Crippen molar-refractivity contribution in [2.75, 3.05) is 32.1 Å². The van der Waals surface area contributed by atoms with Crippen LogP contribution in [0, 0.1) is 0 Å². The molecule has 0 aliphatic rings. The van der Waals surface area contributed by atoms with Gasteiger partial charge in [-0.1, -0.05) is 30.3 Å². The summed E-state index contributed by atoms with van der Waals surface area (Å²) < 4.78 is 0. The summed E-state index contributed by atoms with van der Waals surface area (Å²) in [5.74, 6) is 0. The third-order valence-electron chi connectivity index (χ3n) is 2.88. The average molecular weight is 242 g/mol. The predicted molar refractivity (Wildman–Crippen MR) is 77.8 cm³/mol. The molecule has 3 nitrogen and oxygen atoms in total. The van der Waals surface area contributed by atoms with Crippen molar-refractivity contribution < 1.29 is 5.11 Å². The molecule has 3 heteroatoms. The van der Waals surface area contributed by atoms with Crippen LogP contribution in [0.1, 0.15) is 5.56 Å². The number of fused-ring (bicyclic) bond motifs is 1. The van der Waals surface area contributed by atoms with Crippen LogP contribution in [0.4, 0.5) is 5.69 Å². The van der Waals surface area contributed by atoms with Crippen molar-refractivity contribution >= 4 is 22.7 Å². The molecular formula is C15H18N2O. The monoisotopic (exact) mass is 242 g/mol. The molecule has 18 heavy (non-hydrogen) atoms. The summed E-state index contributed by atoms with van der Waals surface area (Å²) in [6.45, 7) is 0.536. The van der Waals surface area contributed by atoms with Gasteiger partial charge in [0.1, 0.15) is 0 Å². The van der Waals surface area contributed by atoms with Crippen LogP contribution in [-0.2, 0) is 0 Å². The molecule has 0 bridgehead atoms. The van der Waals surface area contributed by atoms with Gasteiger partial charge in [-0.3, -0.25) is 4.99 Å². The fourth-order valence-electron chi connectivity index (χ4n) is 2.03. The fraction of sp³-hybridized carbons (Fsp3) is 0.267. The van der Waals surface area contributed by atoms with E-state index in [0.717, 1.165) is 5.56 Å². The molecule has 0 amide bonds. The van der Waals surface area contributed by atoms with Gasteiger partial charge in [0.05, 0.1) is 13.2 Å². The lowest BCUT2D eigenvalue weighted by Crippen LogP contribution is -2.09. The third-order valence-corrected chi connectivity index (χ3v) is 2.88. The zero-order chi connectivity index (χ0) is 13.0. The molecule has 0 aromatic heterocycles. The number of aliphatic imine (C=N–C) groups is 1. The summed E-state index contributed by atoms with van der Waals surface area (Å²) in [5.41, 5.74) is 2.29. The number of hydrogen-bond acceptors (Lipinski definition) is 3. The Labute approximate surface area is 107 Å². The van der Waals surface area contributed by atoms with E-state index in [2.05, 4.69) is 34.2 Å². The van der Waals surface area contributed by atoms with Gasteiger partial charge in [-0.2, -0.15) is 0 Å². The van der Waals surface area contributed by atoms with Crippen LogP contribution in [-0.4, -0.2) is 38.6 Å². The number of benzene rings is 2. The number of anilines is 1. The molecule has 0 saturated heterocycles. The summed E-state index contributed by atoms with van der Waals surface area (Å²) in [5, 5.41) is 11.2. The van der Waals surface area contributed by atoms with E-state index in [1.54, 1.807) is 0 Å². The second-order valence-corrected chi connectivity index (χ2v) is 4.37. The van der Waals surface area contributed by atoms with Gasteiger partial charge in [-0.05, 0) is 11.5 Å². The van der Waals surface area contributed by atoms with E-state index in [1.165, 1.54) is 16.5 Å². The Morgan fingerprint density at radius 3 is 2.50 bits per heavy atom. The summed E-state index contributed by atoms with van der Waals surface area (Å²) in [7, 11) is 4.09. The SMILES string of the molecule is CN(C)c1ccc(C=NCCO)c2ccccc12. The van der Waals surface area contributed by atoms with Crippen LogP contribution in [0.3, 0.4) is 0 Å². The summed E-state index contributed by atoms with van der Waals surface area (Å²) in [6, 6.07) is 12.5. The van der Waals surface area contributed by atoms with E-state index in [9.17, 15) is 0 Å². The van der Waals surface area contributed by atoms with Crippen LogP contribution >= 0.6 is 0 Å². The highest BCUT2D eigenvalue weighted by atomic mass is 16.3. The van der Waals surface area contributed by atoms with E-state index >= 15 is 0 Å². The number of hydrogen-bond donors (Lipinski definition) is 1. The van der Waals surface area contributed by atoms with Gasteiger partial charge in [0, 0.05) is 36.9 Å². The molecule has 0 aliphatic heterocycles. The molecule has 94 valence electrons. The Morgan fingerprint density at radius 1 is 1.11 bits per heavy atom. The van der Waals surface area contributed by atoms with Crippen molar-refractivity contribution in [3.05, 3.63) is 42.0 Å². The van der Waals surface area contributed by atoms with Crippen LogP contribution in [0.25, 0.3) is 10.8 Å². The van der Waals surface area contributed by atoms with Gasteiger partial charge in [0.15, 0.2) is 0 Å². The van der Waals surface area contributed by atoms with Crippen molar-refractivity contribution in [1.82, 2.24) is 0 Å². The Balaban J connectivity index is 2.54. The first-order valence-electron chi connectivity index (χ1n) is 6.04. The Kier molecular flexibility index (Phi) is 3.95. The molecule has 0 heterocycles. The number of rotatable bonds is 4. The lowest BCUT2D eigenvalue weighted by Gasteiger charge is -2.16. The molecule has 1 N–H and O–H groups in total. The highest BCUT2D eigenvalue weighted by molar-refractivity contribution is 6.05. The number of nitrogens with zero attached hydrogens (tertiary/aromatic N) is 2. The van der Waals surface area contributed by atoms with Gasteiger partial charge in [0.2, 0.25) is 0 Å². The van der Waals surface area contributed by atoms with Crippen molar-refractivity contribution in [3.8, 4) is 0 Å². The van der Waals surface area contributed by atoms with E-state index in [0.29, 0.717) is 6.54 Å². The van der Waals surface area contributed by atoms with E-state index in [-0.39, 0.29) is 6.61 Å². The molecule has 0 radical (unpaired) electrons. The fourth-order valence-corrected chi connectivity index (χ4v) is 2.03. The van der Waals surface area contributed by atoms with E-state index in [4.69, 9.17) is 5.11 Å². The van der Waals surface area contributed by atoms with E-state index in [1.807, 2.05) is 32.4 Å². The number of aliphatic hydroxyl groups excluding tert-OH is 1. The molecule has 0 aliphatic carbocycles. The highest BCUT2D eigenvalue weighted by Crippen LogP contribution is 2.27. The molecule has 0 saturated carbocycles. The van der Waals surface area contributed by atoms with Crippen molar-refractivity contribution in [2.45, 2.75) is 0 Å². The highest BCUT2D eigenvalue weighted by Gasteiger charge is 2.05. The van der Waals surface area contributed by atoms with Crippen LogP contribution in [0.15, 0.2) is 41.4 Å². The normalized spacial score (nSPS) is 11.3. The van der Waals surface area contributed by atoms with Crippen LogP contribution in [0.2, 0.25) is 0 Å². The first kappa shape index (κ1) is 12.6. The largest absolute Gasteiger partial charge is 0.394 e. The van der Waals surface area contributed by atoms with Crippen molar-refractivity contribution in [1.29, 1.82) is 0 Å². The predicted octanol–water partition coefficient (Wildman–Crippen LogP) is 2.32. The lowest BCUT2D eigenvalue weighted by atomic mass is 10.0. The zero-order valence-corrected chi connectivity index (χ0v) is 10.8. The van der Waals surface area contributed by atoms with Crippen molar-refractivity contribution in [3.63, 3.8) is 0 Å². The minimum Gasteiger partial charge on any atom is -0.394 e. The minimum atomic E-state index is 0.0875. The molecule has 0 spiro atoms. The van der Waals surface area contributed by atoms with Crippen LogP contribution in [0.5, 0.6) is 0 Å². The van der Waals surface area contributed by atoms with Gasteiger partial charge >= 0.3 is 0 Å². The van der Waals surface area contributed by atoms with Gasteiger partial charge in [-0.25, -0.2) is 0 Å². The summed E-state index contributed by atoms with van der Waals surface area (Å²) in [6.07, 6.45) is 1.83. The number of aliphatic hydroxyl groups is 1. The maximum Gasteiger partial charge on any atom is 0.0626 e. The lowest BCUT2D eigenvalue weighted by molar-refractivity contribution is 0.307. The molecule has 2 rings (SSSR count).